The van der Waals surface area contributed by atoms with Crippen molar-refractivity contribution in [2.45, 2.75) is 6.54 Å². The standard InChI is InChI=1S/C13H15ClN4O/c1-17(8-10-7-15-18(2)9-10)13(19)16-12-5-3-11(14)4-6-12/h3-7,9H,8H2,1-2H3,(H,16,19). The highest BCUT2D eigenvalue weighted by atomic mass is 35.5. The van der Waals surface area contributed by atoms with Crippen LogP contribution in [-0.4, -0.2) is 27.8 Å². The fourth-order valence-electron chi connectivity index (χ4n) is 1.65. The van der Waals surface area contributed by atoms with E-state index in [1.54, 1.807) is 47.1 Å². The number of nitrogens with zero attached hydrogens (tertiary/aromatic N) is 3. The number of hydrogen-bond acceptors (Lipinski definition) is 2. The molecule has 0 aliphatic heterocycles. The lowest BCUT2D eigenvalue weighted by molar-refractivity contribution is 0.220. The molecule has 1 aromatic carbocycles. The van der Waals surface area contributed by atoms with Crippen LogP contribution in [0.5, 0.6) is 0 Å². The van der Waals surface area contributed by atoms with Crippen molar-refractivity contribution in [2.24, 2.45) is 7.05 Å². The Kier molecular flexibility index (Phi) is 4.06. The number of benzene rings is 1. The zero-order valence-electron chi connectivity index (χ0n) is 10.8. The SMILES string of the molecule is CN(Cc1cnn(C)c1)C(=O)Nc1ccc(Cl)cc1. The molecule has 2 amide bonds. The Hall–Kier alpha value is -2.01. The second-order valence-corrected chi connectivity index (χ2v) is 4.75. The molecular weight excluding hydrogens is 264 g/mol. The van der Waals surface area contributed by atoms with Crippen LogP contribution in [0.2, 0.25) is 5.02 Å². The summed E-state index contributed by atoms with van der Waals surface area (Å²) in [7, 11) is 3.58. The van der Waals surface area contributed by atoms with Crippen molar-refractivity contribution in [3.63, 3.8) is 0 Å². The predicted molar refractivity (Wildman–Crippen MR) is 75.1 cm³/mol. The number of carbonyl (C=O) groups excluding carboxylic acids is 1. The first kappa shape index (κ1) is 13.4. The maximum Gasteiger partial charge on any atom is 0.321 e. The average Bonchev–Trinajstić information content (AvgIpc) is 2.77. The highest BCUT2D eigenvalue weighted by Gasteiger charge is 2.10. The van der Waals surface area contributed by atoms with Crippen LogP contribution in [0.15, 0.2) is 36.7 Å². The van der Waals surface area contributed by atoms with Crippen LogP contribution in [0.4, 0.5) is 10.5 Å². The second-order valence-electron chi connectivity index (χ2n) is 4.32. The molecule has 1 heterocycles. The van der Waals surface area contributed by atoms with Crippen LogP contribution in [0, 0.1) is 0 Å². The van der Waals surface area contributed by atoms with Crippen molar-refractivity contribution in [1.29, 1.82) is 0 Å². The highest BCUT2D eigenvalue weighted by molar-refractivity contribution is 6.30. The van der Waals surface area contributed by atoms with Gasteiger partial charge in [0, 0.05) is 36.6 Å². The Labute approximate surface area is 116 Å². The third-order valence-corrected chi connectivity index (χ3v) is 2.87. The number of halogens is 1. The lowest BCUT2D eigenvalue weighted by atomic mass is 10.3. The van der Waals surface area contributed by atoms with Gasteiger partial charge in [-0.05, 0) is 24.3 Å². The Morgan fingerprint density at radius 1 is 1.42 bits per heavy atom. The van der Waals surface area contributed by atoms with Gasteiger partial charge in [0.2, 0.25) is 0 Å². The Morgan fingerprint density at radius 2 is 2.11 bits per heavy atom. The number of rotatable bonds is 3. The van der Waals surface area contributed by atoms with Gasteiger partial charge in [0.15, 0.2) is 0 Å². The number of amides is 2. The van der Waals surface area contributed by atoms with Crippen molar-refractivity contribution >= 4 is 23.3 Å². The Bertz CT molecular complexity index is 564. The molecule has 0 unspecified atom stereocenters. The van der Waals surface area contributed by atoms with E-state index in [1.165, 1.54) is 0 Å². The maximum absolute atomic E-state index is 12.0. The molecule has 0 radical (unpaired) electrons. The summed E-state index contributed by atoms with van der Waals surface area (Å²) >= 11 is 5.79. The van der Waals surface area contributed by atoms with E-state index in [4.69, 9.17) is 11.6 Å². The zero-order chi connectivity index (χ0) is 13.8. The van der Waals surface area contributed by atoms with E-state index in [2.05, 4.69) is 10.4 Å². The number of aromatic nitrogens is 2. The van der Waals surface area contributed by atoms with Gasteiger partial charge in [-0.25, -0.2) is 4.79 Å². The van der Waals surface area contributed by atoms with Gasteiger partial charge in [0.25, 0.3) is 0 Å². The third-order valence-electron chi connectivity index (χ3n) is 2.62. The lowest BCUT2D eigenvalue weighted by Crippen LogP contribution is -2.30. The third kappa shape index (κ3) is 3.72. The summed E-state index contributed by atoms with van der Waals surface area (Å²) in [6.07, 6.45) is 3.62. The molecule has 1 N–H and O–H groups in total. The normalized spacial score (nSPS) is 10.3. The highest BCUT2D eigenvalue weighted by Crippen LogP contribution is 2.14. The molecule has 2 aromatic rings. The fourth-order valence-corrected chi connectivity index (χ4v) is 1.78. The summed E-state index contributed by atoms with van der Waals surface area (Å²) in [5, 5.41) is 7.50. The van der Waals surface area contributed by atoms with Gasteiger partial charge < -0.3 is 10.2 Å². The number of anilines is 1. The van der Waals surface area contributed by atoms with Gasteiger partial charge in [0.1, 0.15) is 0 Å². The van der Waals surface area contributed by atoms with E-state index in [-0.39, 0.29) is 6.03 Å². The molecule has 2 rings (SSSR count). The molecule has 100 valence electrons. The summed E-state index contributed by atoms with van der Waals surface area (Å²) < 4.78 is 1.71. The zero-order valence-corrected chi connectivity index (χ0v) is 11.6. The Morgan fingerprint density at radius 3 is 2.68 bits per heavy atom. The van der Waals surface area contributed by atoms with Crippen LogP contribution >= 0.6 is 11.6 Å². The number of carbonyl (C=O) groups is 1. The van der Waals surface area contributed by atoms with Crippen molar-refractivity contribution in [1.82, 2.24) is 14.7 Å². The van der Waals surface area contributed by atoms with E-state index in [0.29, 0.717) is 17.3 Å². The summed E-state index contributed by atoms with van der Waals surface area (Å²) in [5.41, 5.74) is 1.70. The molecule has 0 aliphatic rings. The quantitative estimate of drug-likeness (QED) is 0.938. The van der Waals surface area contributed by atoms with Crippen molar-refractivity contribution in [3.8, 4) is 0 Å². The molecular formula is C13H15ClN4O. The summed E-state index contributed by atoms with van der Waals surface area (Å²) in [4.78, 5) is 13.6. The van der Waals surface area contributed by atoms with Gasteiger partial charge in [-0.3, -0.25) is 4.68 Å². The number of nitrogens with one attached hydrogen (secondary N) is 1. The molecule has 5 nitrogen and oxygen atoms in total. The summed E-state index contributed by atoms with van der Waals surface area (Å²) in [5.74, 6) is 0. The van der Waals surface area contributed by atoms with Crippen LogP contribution in [0.25, 0.3) is 0 Å². The summed E-state index contributed by atoms with van der Waals surface area (Å²) in [6.45, 7) is 0.507. The van der Waals surface area contributed by atoms with Crippen molar-refractivity contribution in [2.75, 3.05) is 12.4 Å². The van der Waals surface area contributed by atoms with E-state index in [9.17, 15) is 4.79 Å². The van der Waals surface area contributed by atoms with Crippen LogP contribution in [-0.2, 0) is 13.6 Å². The van der Waals surface area contributed by atoms with Gasteiger partial charge in [-0.15, -0.1) is 0 Å². The predicted octanol–water partition coefficient (Wildman–Crippen LogP) is 2.74. The molecule has 0 bridgehead atoms. The fraction of sp³-hybridized carbons (Fsp3) is 0.231. The Balaban J connectivity index is 1.94. The monoisotopic (exact) mass is 278 g/mol. The minimum atomic E-state index is -0.175. The maximum atomic E-state index is 12.0. The largest absolute Gasteiger partial charge is 0.323 e. The van der Waals surface area contributed by atoms with Crippen LogP contribution in [0.3, 0.4) is 0 Å². The van der Waals surface area contributed by atoms with Gasteiger partial charge in [-0.1, -0.05) is 11.6 Å². The molecule has 0 spiro atoms. The molecule has 0 saturated carbocycles. The molecule has 6 heteroatoms. The summed E-state index contributed by atoms with van der Waals surface area (Å²) in [6, 6.07) is 6.82. The molecule has 19 heavy (non-hydrogen) atoms. The molecule has 1 aromatic heterocycles. The van der Waals surface area contributed by atoms with Gasteiger partial charge in [0.05, 0.1) is 12.7 Å². The van der Waals surface area contributed by atoms with Crippen molar-refractivity contribution in [3.05, 3.63) is 47.2 Å². The smallest absolute Gasteiger partial charge is 0.321 e. The molecule has 0 atom stereocenters. The number of urea groups is 1. The van der Waals surface area contributed by atoms with Gasteiger partial charge >= 0.3 is 6.03 Å². The van der Waals surface area contributed by atoms with E-state index < -0.39 is 0 Å². The molecule has 0 fully saturated rings. The molecule has 0 saturated heterocycles. The topological polar surface area (TPSA) is 50.2 Å². The molecule has 0 aliphatic carbocycles. The first-order valence-corrected chi connectivity index (χ1v) is 6.17. The van der Waals surface area contributed by atoms with Gasteiger partial charge in [-0.2, -0.15) is 5.10 Å². The van der Waals surface area contributed by atoms with Crippen LogP contribution in [0.1, 0.15) is 5.56 Å². The van der Waals surface area contributed by atoms with E-state index in [0.717, 1.165) is 5.56 Å². The van der Waals surface area contributed by atoms with E-state index >= 15 is 0 Å². The average molecular weight is 279 g/mol. The van der Waals surface area contributed by atoms with E-state index in [1.807, 2.05) is 13.2 Å². The number of hydrogen-bond donors (Lipinski definition) is 1. The number of aryl methyl sites for hydroxylation is 1. The first-order valence-electron chi connectivity index (χ1n) is 5.80. The lowest BCUT2D eigenvalue weighted by Gasteiger charge is -2.17. The minimum absolute atomic E-state index is 0.175. The van der Waals surface area contributed by atoms with Crippen molar-refractivity contribution < 1.29 is 4.79 Å². The van der Waals surface area contributed by atoms with Crippen LogP contribution < -0.4 is 5.32 Å². The second kappa shape index (κ2) is 5.75. The first-order chi connectivity index (χ1) is 9.04. The minimum Gasteiger partial charge on any atom is -0.323 e.